The molecule has 0 saturated heterocycles. The SMILES string of the molecule is CNCc1ccc(Br)cc1N(C)Cc1ccco1. The van der Waals surface area contributed by atoms with E-state index in [4.69, 9.17) is 4.42 Å². The van der Waals surface area contributed by atoms with Crippen molar-refractivity contribution >= 4 is 21.6 Å². The number of hydrogen-bond acceptors (Lipinski definition) is 3. The van der Waals surface area contributed by atoms with E-state index in [2.05, 4.69) is 51.4 Å². The number of benzene rings is 1. The molecule has 0 saturated carbocycles. The van der Waals surface area contributed by atoms with Gasteiger partial charge in [0.15, 0.2) is 0 Å². The summed E-state index contributed by atoms with van der Waals surface area (Å²) in [7, 11) is 4.03. The predicted molar refractivity (Wildman–Crippen MR) is 77.7 cm³/mol. The molecule has 2 rings (SSSR count). The normalized spacial score (nSPS) is 10.6. The molecule has 0 aliphatic heterocycles. The van der Waals surface area contributed by atoms with Gasteiger partial charge in [0.25, 0.3) is 0 Å². The number of anilines is 1. The van der Waals surface area contributed by atoms with Gasteiger partial charge in [-0.25, -0.2) is 0 Å². The molecule has 96 valence electrons. The van der Waals surface area contributed by atoms with Crippen molar-refractivity contribution in [3.8, 4) is 0 Å². The first-order valence-corrected chi connectivity index (χ1v) is 6.66. The molecule has 0 atom stereocenters. The average molecular weight is 309 g/mol. The summed E-state index contributed by atoms with van der Waals surface area (Å²) in [6, 6.07) is 10.2. The lowest BCUT2D eigenvalue weighted by Crippen LogP contribution is -2.19. The summed E-state index contributed by atoms with van der Waals surface area (Å²) < 4.78 is 6.47. The van der Waals surface area contributed by atoms with Gasteiger partial charge < -0.3 is 14.6 Å². The first-order valence-electron chi connectivity index (χ1n) is 5.87. The van der Waals surface area contributed by atoms with Crippen LogP contribution in [0.4, 0.5) is 5.69 Å². The molecule has 1 heterocycles. The van der Waals surface area contributed by atoms with E-state index in [1.807, 2.05) is 19.2 Å². The van der Waals surface area contributed by atoms with Crippen LogP contribution < -0.4 is 10.2 Å². The summed E-state index contributed by atoms with van der Waals surface area (Å²) in [5, 5.41) is 3.19. The van der Waals surface area contributed by atoms with Crippen LogP contribution in [-0.2, 0) is 13.1 Å². The maximum absolute atomic E-state index is 5.39. The zero-order valence-electron chi connectivity index (χ0n) is 10.6. The highest BCUT2D eigenvalue weighted by molar-refractivity contribution is 9.10. The van der Waals surface area contributed by atoms with Crippen LogP contribution in [0.5, 0.6) is 0 Å². The molecule has 0 aliphatic rings. The Morgan fingerprint density at radius 1 is 1.33 bits per heavy atom. The molecule has 1 aromatic carbocycles. The van der Waals surface area contributed by atoms with Gasteiger partial charge in [0.2, 0.25) is 0 Å². The number of nitrogens with one attached hydrogen (secondary N) is 1. The van der Waals surface area contributed by atoms with E-state index in [1.165, 1.54) is 11.3 Å². The predicted octanol–water partition coefficient (Wildman–Crippen LogP) is 3.40. The molecule has 3 nitrogen and oxygen atoms in total. The van der Waals surface area contributed by atoms with Gasteiger partial charge >= 0.3 is 0 Å². The van der Waals surface area contributed by atoms with Crippen molar-refractivity contribution < 1.29 is 4.42 Å². The highest BCUT2D eigenvalue weighted by Crippen LogP contribution is 2.25. The van der Waals surface area contributed by atoms with Gasteiger partial charge in [-0.1, -0.05) is 22.0 Å². The van der Waals surface area contributed by atoms with Gasteiger partial charge in [0, 0.05) is 23.8 Å². The highest BCUT2D eigenvalue weighted by Gasteiger charge is 2.09. The summed E-state index contributed by atoms with van der Waals surface area (Å²) in [5.41, 5.74) is 2.48. The number of halogens is 1. The number of rotatable bonds is 5. The Morgan fingerprint density at radius 3 is 2.83 bits per heavy atom. The molecule has 0 aliphatic carbocycles. The number of hydrogen-bond donors (Lipinski definition) is 1. The summed E-state index contributed by atoms with van der Waals surface area (Å²) >= 11 is 3.52. The molecule has 0 unspecified atom stereocenters. The van der Waals surface area contributed by atoms with E-state index < -0.39 is 0 Å². The topological polar surface area (TPSA) is 28.4 Å². The molecule has 1 aromatic heterocycles. The second-order valence-electron chi connectivity index (χ2n) is 4.24. The quantitative estimate of drug-likeness (QED) is 0.917. The van der Waals surface area contributed by atoms with Gasteiger partial charge in [-0.05, 0) is 36.9 Å². The third kappa shape index (κ3) is 3.15. The van der Waals surface area contributed by atoms with Gasteiger partial charge in [-0.3, -0.25) is 0 Å². The van der Waals surface area contributed by atoms with Crippen LogP contribution >= 0.6 is 15.9 Å². The minimum Gasteiger partial charge on any atom is -0.467 e. The van der Waals surface area contributed by atoms with E-state index >= 15 is 0 Å². The fourth-order valence-corrected chi connectivity index (χ4v) is 2.30. The molecule has 4 heteroatoms. The van der Waals surface area contributed by atoms with Crippen molar-refractivity contribution in [2.75, 3.05) is 19.0 Å². The van der Waals surface area contributed by atoms with E-state index in [0.29, 0.717) is 0 Å². The van der Waals surface area contributed by atoms with Crippen molar-refractivity contribution in [3.63, 3.8) is 0 Å². The Balaban J connectivity index is 2.22. The van der Waals surface area contributed by atoms with Crippen LogP contribution in [0.15, 0.2) is 45.5 Å². The summed E-state index contributed by atoms with van der Waals surface area (Å²) in [6.45, 7) is 1.62. The van der Waals surface area contributed by atoms with Gasteiger partial charge in [-0.15, -0.1) is 0 Å². The second-order valence-corrected chi connectivity index (χ2v) is 5.15. The van der Waals surface area contributed by atoms with Crippen molar-refractivity contribution in [2.45, 2.75) is 13.1 Å². The van der Waals surface area contributed by atoms with Crippen LogP contribution in [0, 0.1) is 0 Å². The molecule has 1 N–H and O–H groups in total. The van der Waals surface area contributed by atoms with Crippen molar-refractivity contribution in [2.24, 2.45) is 0 Å². The zero-order valence-corrected chi connectivity index (χ0v) is 12.2. The third-order valence-electron chi connectivity index (χ3n) is 2.80. The monoisotopic (exact) mass is 308 g/mol. The minimum absolute atomic E-state index is 0.764. The van der Waals surface area contributed by atoms with E-state index in [9.17, 15) is 0 Å². The standard InChI is InChI=1S/C14H17BrN2O/c1-16-9-11-5-6-12(15)8-14(11)17(2)10-13-4-3-7-18-13/h3-8,16H,9-10H2,1-2H3. The lowest BCUT2D eigenvalue weighted by atomic mass is 10.1. The van der Waals surface area contributed by atoms with E-state index in [0.717, 1.165) is 23.3 Å². The molecular weight excluding hydrogens is 292 g/mol. The maximum atomic E-state index is 5.39. The summed E-state index contributed by atoms with van der Waals surface area (Å²) in [5.74, 6) is 0.966. The molecule has 0 bridgehead atoms. The molecule has 0 radical (unpaired) electrons. The fraction of sp³-hybridized carbons (Fsp3) is 0.286. The Morgan fingerprint density at radius 2 is 2.17 bits per heavy atom. The fourth-order valence-electron chi connectivity index (χ4n) is 1.95. The van der Waals surface area contributed by atoms with Crippen LogP contribution in [0.1, 0.15) is 11.3 Å². The van der Waals surface area contributed by atoms with Crippen molar-refractivity contribution in [1.29, 1.82) is 0 Å². The minimum atomic E-state index is 0.764. The average Bonchev–Trinajstić information content (AvgIpc) is 2.84. The molecule has 0 fully saturated rings. The van der Waals surface area contributed by atoms with Crippen LogP contribution in [-0.4, -0.2) is 14.1 Å². The summed E-state index contributed by atoms with van der Waals surface area (Å²) in [4.78, 5) is 2.19. The third-order valence-corrected chi connectivity index (χ3v) is 3.29. The van der Waals surface area contributed by atoms with Crippen LogP contribution in [0.2, 0.25) is 0 Å². The Labute approximate surface area is 116 Å². The Bertz CT molecular complexity index is 497. The second kappa shape index (κ2) is 6.07. The maximum Gasteiger partial charge on any atom is 0.123 e. The van der Waals surface area contributed by atoms with Gasteiger partial charge in [0.1, 0.15) is 5.76 Å². The highest BCUT2D eigenvalue weighted by atomic mass is 79.9. The van der Waals surface area contributed by atoms with Crippen LogP contribution in [0.25, 0.3) is 0 Å². The molecule has 2 aromatic rings. The molecule has 18 heavy (non-hydrogen) atoms. The van der Waals surface area contributed by atoms with E-state index in [-0.39, 0.29) is 0 Å². The lowest BCUT2D eigenvalue weighted by molar-refractivity contribution is 0.507. The van der Waals surface area contributed by atoms with Gasteiger partial charge in [0.05, 0.1) is 12.8 Å². The van der Waals surface area contributed by atoms with Crippen LogP contribution in [0.3, 0.4) is 0 Å². The molecule has 0 amide bonds. The first-order chi connectivity index (χ1) is 8.70. The van der Waals surface area contributed by atoms with Crippen molar-refractivity contribution in [3.05, 3.63) is 52.4 Å². The van der Waals surface area contributed by atoms with Gasteiger partial charge in [-0.2, -0.15) is 0 Å². The smallest absolute Gasteiger partial charge is 0.123 e. The Kier molecular flexibility index (Phi) is 4.44. The first kappa shape index (κ1) is 13.2. The Hall–Kier alpha value is -1.26. The zero-order chi connectivity index (χ0) is 13.0. The van der Waals surface area contributed by atoms with E-state index in [1.54, 1.807) is 6.26 Å². The number of furan rings is 1. The largest absolute Gasteiger partial charge is 0.467 e. The van der Waals surface area contributed by atoms with Crippen molar-refractivity contribution in [1.82, 2.24) is 5.32 Å². The molecule has 0 spiro atoms. The lowest BCUT2D eigenvalue weighted by Gasteiger charge is -2.22. The summed E-state index contributed by atoms with van der Waals surface area (Å²) in [6.07, 6.45) is 1.71. The molecular formula is C14H17BrN2O. The number of nitrogens with zero attached hydrogens (tertiary/aromatic N) is 1.